The summed E-state index contributed by atoms with van der Waals surface area (Å²) in [5.74, 6) is 0.334. The number of carbonyl (C=O) groups is 1. The summed E-state index contributed by atoms with van der Waals surface area (Å²) in [6.07, 6.45) is 1.58. The highest BCUT2D eigenvalue weighted by Gasteiger charge is 2.24. The van der Waals surface area contributed by atoms with Crippen molar-refractivity contribution in [3.05, 3.63) is 54.1 Å². The molecule has 0 aromatic heterocycles. The Morgan fingerprint density at radius 2 is 1.66 bits per heavy atom. The Morgan fingerprint density at radius 1 is 1.00 bits per heavy atom. The van der Waals surface area contributed by atoms with Gasteiger partial charge in [0.1, 0.15) is 0 Å². The minimum atomic E-state index is -3.90. The van der Waals surface area contributed by atoms with Crippen LogP contribution in [0.4, 0.5) is 0 Å². The predicted molar refractivity (Wildman–Crippen MR) is 112 cm³/mol. The summed E-state index contributed by atoms with van der Waals surface area (Å²) in [4.78, 5) is 12.4. The van der Waals surface area contributed by atoms with Crippen LogP contribution in [0.15, 0.2) is 53.4 Å². The lowest BCUT2D eigenvalue weighted by molar-refractivity contribution is -0.123. The van der Waals surface area contributed by atoms with Crippen molar-refractivity contribution in [1.29, 1.82) is 0 Å². The number of hydrogen-bond acceptors (Lipinski definition) is 5. The molecule has 0 saturated heterocycles. The maximum Gasteiger partial charge on any atom is 0.241 e. The number of nitrogens with one attached hydrogen (secondary N) is 2. The smallest absolute Gasteiger partial charge is 0.241 e. The van der Waals surface area contributed by atoms with Gasteiger partial charge in [-0.2, -0.15) is 4.72 Å². The maximum absolute atomic E-state index is 12.6. The van der Waals surface area contributed by atoms with Crippen molar-refractivity contribution >= 4 is 15.9 Å². The molecule has 0 radical (unpaired) electrons. The van der Waals surface area contributed by atoms with Crippen LogP contribution in [0.25, 0.3) is 0 Å². The first-order valence-electron chi connectivity index (χ1n) is 9.35. The van der Waals surface area contributed by atoms with Crippen LogP contribution in [-0.2, 0) is 21.2 Å². The van der Waals surface area contributed by atoms with Crippen LogP contribution >= 0.6 is 0 Å². The molecule has 158 valence electrons. The minimum Gasteiger partial charge on any atom is -0.493 e. The van der Waals surface area contributed by atoms with Crippen LogP contribution in [-0.4, -0.2) is 40.6 Å². The molecule has 2 aromatic carbocycles. The Morgan fingerprint density at radius 3 is 2.28 bits per heavy atom. The zero-order valence-corrected chi connectivity index (χ0v) is 18.0. The van der Waals surface area contributed by atoms with Gasteiger partial charge >= 0.3 is 0 Å². The van der Waals surface area contributed by atoms with Gasteiger partial charge in [-0.1, -0.05) is 30.3 Å². The average Bonchev–Trinajstić information content (AvgIpc) is 2.72. The van der Waals surface area contributed by atoms with E-state index in [1.54, 1.807) is 0 Å². The summed E-state index contributed by atoms with van der Waals surface area (Å²) in [7, 11) is -1.01. The second kappa shape index (κ2) is 10.3. The quantitative estimate of drug-likeness (QED) is 0.616. The van der Waals surface area contributed by atoms with Crippen LogP contribution < -0.4 is 19.5 Å². The third kappa shape index (κ3) is 6.47. The average molecular weight is 421 g/mol. The third-order valence-electron chi connectivity index (χ3n) is 4.49. The highest BCUT2D eigenvalue weighted by Crippen LogP contribution is 2.29. The van der Waals surface area contributed by atoms with Crippen molar-refractivity contribution in [2.24, 2.45) is 0 Å². The van der Waals surface area contributed by atoms with Crippen LogP contribution in [0.5, 0.6) is 11.5 Å². The summed E-state index contributed by atoms with van der Waals surface area (Å²) < 4.78 is 37.9. The molecule has 0 unspecified atom stereocenters. The SMILES string of the molecule is COc1ccc(S(=O)(=O)N[C@H](C)C(=O)N[C@H](C)CCc2ccccc2)cc1OC. The highest BCUT2D eigenvalue weighted by molar-refractivity contribution is 7.89. The Hall–Kier alpha value is -2.58. The van der Waals surface area contributed by atoms with E-state index in [2.05, 4.69) is 10.0 Å². The molecule has 0 aliphatic carbocycles. The van der Waals surface area contributed by atoms with Gasteiger partial charge < -0.3 is 14.8 Å². The lowest BCUT2D eigenvalue weighted by Crippen LogP contribution is -2.47. The summed E-state index contributed by atoms with van der Waals surface area (Å²) >= 11 is 0. The fourth-order valence-electron chi connectivity index (χ4n) is 2.81. The second-order valence-electron chi connectivity index (χ2n) is 6.79. The molecule has 0 aliphatic rings. The summed E-state index contributed by atoms with van der Waals surface area (Å²) in [5, 5.41) is 2.85. The Kier molecular flexibility index (Phi) is 8.04. The predicted octanol–water partition coefficient (Wildman–Crippen LogP) is 2.51. The molecule has 29 heavy (non-hydrogen) atoms. The van der Waals surface area contributed by atoms with Crippen molar-refractivity contribution < 1.29 is 22.7 Å². The van der Waals surface area contributed by atoms with Crippen molar-refractivity contribution in [1.82, 2.24) is 10.0 Å². The van der Waals surface area contributed by atoms with Crippen molar-refractivity contribution in [3.8, 4) is 11.5 Å². The number of carbonyl (C=O) groups excluding carboxylic acids is 1. The zero-order chi connectivity index (χ0) is 21.4. The maximum atomic E-state index is 12.6. The van der Waals surface area contributed by atoms with Crippen LogP contribution in [0.3, 0.4) is 0 Å². The van der Waals surface area contributed by atoms with E-state index in [1.165, 1.54) is 44.9 Å². The van der Waals surface area contributed by atoms with Crippen LogP contribution in [0.1, 0.15) is 25.8 Å². The third-order valence-corrected chi connectivity index (χ3v) is 6.03. The van der Waals surface area contributed by atoms with Gasteiger partial charge in [0.25, 0.3) is 0 Å². The molecule has 2 atom stereocenters. The van der Waals surface area contributed by atoms with E-state index >= 15 is 0 Å². The Balaban J connectivity index is 1.95. The van der Waals surface area contributed by atoms with Gasteiger partial charge in [0, 0.05) is 12.1 Å². The molecule has 2 rings (SSSR count). The molecule has 8 heteroatoms. The number of sulfonamides is 1. The van der Waals surface area contributed by atoms with Gasteiger partial charge in [-0.05, 0) is 44.4 Å². The first-order chi connectivity index (χ1) is 13.8. The second-order valence-corrected chi connectivity index (χ2v) is 8.51. The van der Waals surface area contributed by atoms with Crippen molar-refractivity contribution in [2.45, 2.75) is 43.7 Å². The number of aryl methyl sites for hydroxylation is 1. The van der Waals surface area contributed by atoms with E-state index in [0.29, 0.717) is 11.5 Å². The number of rotatable bonds is 10. The number of benzene rings is 2. The molecule has 0 aliphatic heterocycles. The zero-order valence-electron chi connectivity index (χ0n) is 17.1. The number of ether oxygens (including phenoxy) is 2. The van der Waals surface area contributed by atoms with Gasteiger partial charge in [-0.3, -0.25) is 4.79 Å². The van der Waals surface area contributed by atoms with Crippen molar-refractivity contribution in [2.75, 3.05) is 14.2 Å². The molecule has 1 amide bonds. The molecular formula is C21H28N2O5S. The molecule has 2 aromatic rings. The molecule has 2 N–H and O–H groups in total. The lowest BCUT2D eigenvalue weighted by Gasteiger charge is -2.19. The molecule has 0 saturated carbocycles. The van der Waals surface area contributed by atoms with E-state index in [9.17, 15) is 13.2 Å². The summed E-state index contributed by atoms with van der Waals surface area (Å²) in [5.41, 5.74) is 1.19. The van der Waals surface area contributed by atoms with E-state index in [1.807, 2.05) is 37.3 Å². The van der Waals surface area contributed by atoms with E-state index in [4.69, 9.17) is 9.47 Å². The van der Waals surface area contributed by atoms with Gasteiger partial charge in [0.2, 0.25) is 15.9 Å². The fraction of sp³-hybridized carbons (Fsp3) is 0.381. The Bertz CT molecular complexity index is 916. The standard InChI is InChI=1S/C21H28N2O5S/c1-15(10-11-17-8-6-5-7-9-17)22-21(24)16(2)23-29(25,26)18-12-13-19(27-3)20(14-18)28-4/h5-9,12-16,23H,10-11H2,1-4H3,(H,22,24)/t15-,16-/m1/s1. The molecular weight excluding hydrogens is 392 g/mol. The highest BCUT2D eigenvalue weighted by atomic mass is 32.2. The largest absolute Gasteiger partial charge is 0.493 e. The minimum absolute atomic E-state index is 0.00748. The molecule has 0 heterocycles. The molecule has 7 nitrogen and oxygen atoms in total. The monoisotopic (exact) mass is 420 g/mol. The normalized spacial score (nSPS) is 13.4. The fourth-order valence-corrected chi connectivity index (χ4v) is 4.02. The van der Waals surface area contributed by atoms with Crippen molar-refractivity contribution in [3.63, 3.8) is 0 Å². The first kappa shape index (κ1) is 22.7. The van der Waals surface area contributed by atoms with Gasteiger partial charge in [0.05, 0.1) is 25.2 Å². The number of methoxy groups -OCH3 is 2. The van der Waals surface area contributed by atoms with E-state index in [0.717, 1.165) is 12.8 Å². The van der Waals surface area contributed by atoms with E-state index < -0.39 is 16.1 Å². The molecule has 0 bridgehead atoms. The lowest BCUT2D eigenvalue weighted by atomic mass is 10.1. The first-order valence-corrected chi connectivity index (χ1v) is 10.8. The Labute approximate surface area is 172 Å². The van der Waals surface area contributed by atoms with Crippen LogP contribution in [0.2, 0.25) is 0 Å². The number of amides is 1. The van der Waals surface area contributed by atoms with E-state index in [-0.39, 0.29) is 16.8 Å². The van der Waals surface area contributed by atoms with Crippen LogP contribution in [0, 0.1) is 0 Å². The van der Waals surface area contributed by atoms with Gasteiger partial charge in [-0.15, -0.1) is 0 Å². The molecule has 0 fully saturated rings. The summed E-state index contributed by atoms with van der Waals surface area (Å²) in [6.45, 7) is 3.41. The number of hydrogen-bond donors (Lipinski definition) is 2. The molecule has 0 spiro atoms. The van der Waals surface area contributed by atoms with Gasteiger partial charge in [0.15, 0.2) is 11.5 Å². The van der Waals surface area contributed by atoms with Gasteiger partial charge in [-0.25, -0.2) is 8.42 Å². The topological polar surface area (TPSA) is 93.7 Å². The summed E-state index contributed by atoms with van der Waals surface area (Å²) in [6, 6.07) is 13.2.